The predicted molar refractivity (Wildman–Crippen MR) is 121 cm³/mol. The molecule has 3 fully saturated rings. The number of nitrogens with zero attached hydrogens (tertiary/aromatic N) is 1. The SMILES string of the molecule is CS(=O)(=O)c1ccc(O[C@H]2CC[C@H](OC3CCN(C(=O)OC4CCCC4)CC3)CC2)cc1. The van der Waals surface area contributed by atoms with Gasteiger partial charge < -0.3 is 19.1 Å². The minimum Gasteiger partial charge on any atom is -0.490 e. The second-order valence-corrected chi connectivity index (χ2v) is 11.4. The molecule has 178 valence electrons. The van der Waals surface area contributed by atoms with E-state index >= 15 is 0 Å². The van der Waals surface area contributed by atoms with Crippen LogP contribution >= 0.6 is 0 Å². The zero-order chi connectivity index (χ0) is 22.6. The zero-order valence-electron chi connectivity index (χ0n) is 18.9. The van der Waals surface area contributed by atoms with Crippen molar-refractivity contribution in [2.24, 2.45) is 0 Å². The van der Waals surface area contributed by atoms with Gasteiger partial charge in [-0.15, -0.1) is 0 Å². The maximum absolute atomic E-state index is 12.3. The maximum Gasteiger partial charge on any atom is 0.410 e. The summed E-state index contributed by atoms with van der Waals surface area (Å²) in [5.41, 5.74) is 0. The van der Waals surface area contributed by atoms with Crippen molar-refractivity contribution in [3.05, 3.63) is 24.3 Å². The van der Waals surface area contributed by atoms with E-state index in [0.717, 1.165) is 64.2 Å². The van der Waals surface area contributed by atoms with Gasteiger partial charge in [-0.3, -0.25) is 0 Å². The van der Waals surface area contributed by atoms with Crippen LogP contribution in [0.15, 0.2) is 29.2 Å². The van der Waals surface area contributed by atoms with Crippen molar-refractivity contribution in [3.63, 3.8) is 0 Å². The summed E-state index contributed by atoms with van der Waals surface area (Å²) in [7, 11) is -3.19. The lowest BCUT2D eigenvalue weighted by Crippen LogP contribution is -2.43. The molecule has 0 atom stereocenters. The summed E-state index contributed by atoms with van der Waals surface area (Å²) in [5, 5.41) is 0. The molecule has 0 unspecified atom stereocenters. The van der Waals surface area contributed by atoms with Crippen LogP contribution in [0.5, 0.6) is 5.75 Å². The van der Waals surface area contributed by atoms with E-state index in [2.05, 4.69) is 0 Å². The lowest BCUT2D eigenvalue weighted by molar-refractivity contribution is -0.0659. The second-order valence-electron chi connectivity index (χ2n) is 9.37. The summed E-state index contributed by atoms with van der Waals surface area (Å²) in [6.45, 7) is 1.41. The fourth-order valence-corrected chi connectivity index (χ4v) is 5.54. The molecule has 7 nitrogen and oxygen atoms in total. The number of piperidine rings is 1. The van der Waals surface area contributed by atoms with Gasteiger partial charge in [0.25, 0.3) is 0 Å². The molecule has 0 N–H and O–H groups in total. The first-order valence-corrected chi connectivity index (χ1v) is 13.8. The van der Waals surface area contributed by atoms with Crippen LogP contribution in [0.2, 0.25) is 0 Å². The van der Waals surface area contributed by atoms with E-state index < -0.39 is 9.84 Å². The first-order valence-electron chi connectivity index (χ1n) is 11.9. The van der Waals surface area contributed by atoms with Crippen LogP contribution in [0, 0.1) is 0 Å². The van der Waals surface area contributed by atoms with Crippen molar-refractivity contribution >= 4 is 15.9 Å². The average molecular weight is 466 g/mol. The lowest BCUT2D eigenvalue weighted by Gasteiger charge is -2.36. The number of carbonyl (C=O) groups excluding carboxylic acids is 1. The van der Waals surface area contributed by atoms with Gasteiger partial charge in [0.05, 0.1) is 23.2 Å². The van der Waals surface area contributed by atoms with Crippen molar-refractivity contribution in [3.8, 4) is 5.75 Å². The second kappa shape index (κ2) is 10.4. The van der Waals surface area contributed by atoms with Crippen LogP contribution in [-0.2, 0) is 19.3 Å². The van der Waals surface area contributed by atoms with Crippen molar-refractivity contribution in [2.45, 2.75) is 93.5 Å². The van der Waals surface area contributed by atoms with E-state index in [1.54, 1.807) is 24.3 Å². The fourth-order valence-electron chi connectivity index (χ4n) is 4.91. The highest BCUT2D eigenvalue weighted by molar-refractivity contribution is 7.90. The van der Waals surface area contributed by atoms with Crippen molar-refractivity contribution < 1.29 is 27.4 Å². The molecule has 8 heteroatoms. The minimum absolute atomic E-state index is 0.117. The summed E-state index contributed by atoms with van der Waals surface area (Å²) in [6, 6.07) is 6.64. The number of likely N-dealkylation sites (tertiary alicyclic amines) is 1. The zero-order valence-corrected chi connectivity index (χ0v) is 19.7. The highest BCUT2D eigenvalue weighted by Crippen LogP contribution is 2.29. The first kappa shape index (κ1) is 23.4. The van der Waals surface area contributed by atoms with Gasteiger partial charge in [0.15, 0.2) is 9.84 Å². The van der Waals surface area contributed by atoms with Gasteiger partial charge >= 0.3 is 6.09 Å². The third-order valence-corrected chi connectivity index (χ3v) is 7.96. The topological polar surface area (TPSA) is 82.1 Å². The molecule has 1 aromatic carbocycles. The Balaban J connectivity index is 1.14. The van der Waals surface area contributed by atoms with Crippen LogP contribution in [0.4, 0.5) is 4.79 Å². The van der Waals surface area contributed by atoms with Gasteiger partial charge in [0, 0.05) is 19.3 Å². The molecule has 32 heavy (non-hydrogen) atoms. The van der Waals surface area contributed by atoms with Gasteiger partial charge in [0.2, 0.25) is 0 Å². The Bertz CT molecular complexity index is 849. The number of carbonyl (C=O) groups is 1. The van der Waals surface area contributed by atoms with Crippen molar-refractivity contribution in [2.75, 3.05) is 19.3 Å². The summed E-state index contributed by atoms with van der Waals surface area (Å²) >= 11 is 0. The maximum atomic E-state index is 12.3. The van der Waals surface area contributed by atoms with Gasteiger partial charge in [-0.1, -0.05) is 0 Å². The van der Waals surface area contributed by atoms with Gasteiger partial charge in [-0.05, 0) is 88.5 Å². The number of sulfone groups is 1. The summed E-state index contributed by atoms with van der Waals surface area (Å²) < 4.78 is 41.2. The van der Waals surface area contributed by atoms with Crippen LogP contribution in [0.1, 0.15) is 64.2 Å². The number of hydrogen-bond acceptors (Lipinski definition) is 6. The van der Waals surface area contributed by atoms with Crippen LogP contribution in [0.3, 0.4) is 0 Å². The standard InChI is InChI=1S/C24H35NO6S/c1-32(27,28)23-12-10-21(11-13-23)29-19-6-8-20(9-7-19)30-22-14-16-25(17-15-22)24(26)31-18-4-2-3-5-18/h10-13,18-20,22H,2-9,14-17H2,1H3/t19-,20-. The third-order valence-electron chi connectivity index (χ3n) is 6.83. The summed E-state index contributed by atoms with van der Waals surface area (Å²) in [6.07, 6.45) is 11.6. The van der Waals surface area contributed by atoms with E-state index in [9.17, 15) is 13.2 Å². The molecular formula is C24H35NO6S. The molecule has 0 radical (unpaired) electrons. The smallest absolute Gasteiger partial charge is 0.410 e. The quantitative estimate of drug-likeness (QED) is 0.622. The van der Waals surface area contributed by atoms with E-state index in [-0.39, 0.29) is 30.5 Å². The number of ether oxygens (including phenoxy) is 3. The summed E-state index contributed by atoms with van der Waals surface area (Å²) in [4.78, 5) is 14.5. The molecule has 1 amide bonds. The molecule has 3 aliphatic rings. The molecule has 1 heterocycles. The number of amides is 1. The molecule has 4 rings (SSSR count). The van der Waals surface area contributed by atoms with E-state index in [1.165, 1.54) is 6.26 Å². The molecule has 1 saturated heterocycles. The fraction of sp³-hybridized carbons (Fsp3) is 0.708. The normalized spacial score (nSPS) is 25.6. The number of rotatable bonds is 6. The molecular weight excluding hydrogens is 430 g/mol. The van der Waals surface area contributed by atoms with Crippen molar-refractivity contribution in [1.29, 1.82) is 0 Å². The molecule has 2 saturated carbocycles. The van der Waals surface area contributed by atoms with Gasteiger partial charge in [-0.2, -0.15) is 0 Å². The molecule has 1 aromatic rings. The average Bonchev–Trinajstić information content (AvgIpc) is 3.28. The highest BCUT2D eigenvalue weighted by Gasteiger charge is 2.30. The molecule has 2 aliphatic carbocycles. The Morgan fingerprint density at radius 2 is 1.38 bits per heavy atom. The van der Waals surface area contributed by atoms with Gasteiger partial charge in [0.1, 0.15) is 11.9 Å². The monoisotopic (exact) mass is 465 g/mol. The Morgan fingerprint density at radius 3 is 1.97 bits per heavy atom. The van der Waals surface area contributed by atoms with Crippen LogP contribution in [0.25, 0.3) is 0 Å². The molecule has 0 spiro atoms. The Labute approximate surface area is 191 Å². The Kier molecular flexibility index (Phi) is 7.61. The van der Waals surface area contributed by atoms with Crippen LogP contribution in [-0.4, -0.2) is 63.2 Å². The van der Waals surface area contributed by atoms with E-state index in [1.807, 2.05) is 4.90 Å². The lowest BCUT2D eigenvalue weighted by atomic mass is 9.94. The third kappa shape index (κ3) is 6.38. The number of hydrogen-bond donors (Lipinski definition) is 0. The predicted octanol–water partition coefficient (Wildman–Crippen LogP) is 4.34. The largest absolute Gasteiger partial charge is 0.490 e. The highest BCUT2D eigenvalue weighted by atomic mass is 32.2. The number of benzene rings is 1. The molecule has 0 bridgehead atoms. The minimum atomic E-state index is -3.19. The molecule has 0 aromatic heterocycles. The first-order chi connectivity index (χ1) is 15.4. The van der Waals surface area contributed by atoms with Crippen molar-refractivity contribution in [1.82, 2.24) is 4.90 Å². The molecule has 1 aliphatic heterocycles. The Morgan fingerprint density at radius 1 is 0.812 bits per heavy atom. The van der Waals surface area contributed by atoms with E-state index in [4.69, 9.17) is 14.2 Å². The summed E-state index contributed by atoms with van der Waals surface area (Å²) in [5.74, 6) is 0.707. The van der Waals surface area contributed by atoms with E-state index in [0.29, 0.717) is 23.7 Å². The van der Waals surface area contributed by atoms with Gasteiger partial charge in [-0.25, -0.2) is 13.2 Å². The van der Waals surface area contributed by atoms with Crippen LogP contribution < -0.4 is 4.74 Å². The Hall–Kier alpha value is -1.80.